The van der Waals surface area contributed by atoms with Crippen LogP contribution in [0.5, 0.6) is 5.75 Å². The van der Waals surface area contributed by atoms with Crippen LogP contribution in [-0.4, -0.2) is 49.0 Å². The van der Waals surface area contributed by atoms with E-state index < -0.39 is 11.4 Å². The van der Waals surface area contributed by atoms with E-state index in [0.717, 1.165) is 17.0 Å². The maximum Gasteiger partial charge on any atom is 0.336 e. The Morgan fingerprint density at radius 3 is 2.60 bits per heavy atom. The minimum atomic E-state index is -0.474. The van der Waals surface area contributed by atoms with Crippen molar-refractivity contribution in [3.05, 3.63) is 74.9 Å². The molecule has 6 nitrogen and oxygen atoms in total. The second-order valence-electron chi connectivity index (χ2n) is 7.15. The van der Waals surface area contributed by atoms with Crippen molar-refractivity contribution in [3.63, 3.8) is 0 Å². The molecule has 30 heavy (non-hydrogen) atoms. The third kappa shape index (κ3) is 4.17. The molecule has 1 aliphatic heterocycles. The largest absolute Gasteiger partial charge is 0.497 e. The highest BCUT2D eigenvalue weighted by Gasteiger charge is 2.24. The van der Waals surface area contributed by atoms with E-state index in [1.807, 2.05) is 12.1 Å². The molecule has 0 atom stereocenters. The third-order valence-corrected chi connectivity index (χ3v) is 5.57. The molecule has 0 radical (unpaired) electrons. The number of methoxy groups -OCH3 is 1. The number of nitrogens with zero attached hydrogens (tertiary/aromatic N) is 2. The topological polar surface area (TPSA) is 63.0 Å². The van der Waals surface area contributed by atoms with Gasteiger partial charge in [-0.05, 0) is 35.9 Å². The molecule has 0 saturated carbocycles. The van der Waals surface area contributed by atoms with Crippen LogP contribution in [0.4, 0.5) is 4.39 Å². The molecule has 0 N–H and O–H groups in total. The van der Waals surface area contributed by atoms with E-state index in [0.29, 0.717) is 49.6 Å². The summed E-state index contributed by atoms with van der Waals surface area (Å²) < 4.78 is 23.7. The Kier molecular flexibility index (Phi) is 5.74. The first kappa shape index (κ1) is 20.4. The summed E-state index contributed by atoms with van der Waals surface area (Å²) in [4.78, 5) is 28.6. The summed E-state index contributed by atoms with van der Waals surface area (Å²) in [6.07, 6.45) is 0. The minimum Gasteiger partial charge on any atom is -0.497 e. The number of hydrogen-bond donors (Lipinski definition) is 0. The minimum absolute atomic E-state index is 0.111. The average Bonchev–Trinajstić information content (AvgIpc) is 2.73. The number of fused-ring (bicyclic) bond motifs is 1. The molecule has 8 heteroatoms. The van der Waals surface area contributed by atoms with Crippen molar-refractivity contribution in [2.45, 2.75) is 6.54 Å². The summed E-state index contributed by atoms with van der Waals surface area (Å²) >= 11 is 6.03. The zero-order chi connectivity index (χ0) is 21.3. The van der Waals surface area contributed by atoms with Crippen LogP contribution in [-0.2, 0) is 6.54 Å². The lowest BCUT2D eigenvalue weighted by molar-refractivity contribution is 0.0629. The molecule has 0 unspecified atom stereocenters. The maximum absolute atomic E-state index is 13.2. The van der Waals surface area contributed by atoms with E-state index in [1.54, 1.807) is 18.1 Å². The standard InChI is InChI=1S/C22H20ClFN2O4/c1-29-16-3-5-17-14(10-21(27)30-20(17)12-16)13-25-6-8-26(9-7-25)22(28)18-4-2-15(24)11-19(18)23/h2-5,10-12H,6-9,13H2,1H3. The average molecular weight is 431 g/mol. The summed E-state index contributed by atoms with van der Waals surface area (Å²) in [6.45, 7) is 2.87. The molecule has 2 aromatic carbocycles. The van der Waals surface area contributed by atoms with E-state index in [4.69, 9.17) is 20.8 Å². The van der Waals surface area contributed by atoms with E-state index in [1.165, 1.54) is 18.2 Å². The molecular formula is C22H20ClFN2O4. The maximum atomic E-state index is 13.2. The first-order valence-corrected chi connectivity index (χ1v) is 9.90. The number of amides is 1. The van der Waals surface area contributed by atoms with Gasteiger partial charge in [0.25, 0.3) is 5.91 Å². The number of benzene rings is 2. The number of ether oxygens (including phenoxy) is 1. The van der Waals surface area contributed by atoms with Gasteiger partial charge in [0, 0.05) is 50.2 Å². The number of carbonyl (C=O) groups excluding carboxylic acids is 1. The summed E-state index contributed by atoms with van der Waals surface area (Å²) in [7, 11) is 1.56. The van der Waals surface area contributed by atoms with Gasteiger partial charge >= 0.3 is 5.63 Å². The Labute approximate surface area is 177 Å². The molecule has 3 aromatic rings. The van der Waals surface area contributed by atoms with Gasteiger partial charge in [0.15, 0.2) is 0 Å². The van der Waals surface area contributed by atoms with Crippen molar-refractivity contribution in [3.8, 4) is 5.75 Å². The summed E-state index contributed by atoms with van der Waals surface area (Å²) in [5, 5.41) is 0.965. The normalized spacial score (nSPS) is 14.8. The quantitative estimate of drug-likeness (QED) is 0.592. The Bertz CT molecular complexity index is 1160. The molecular weight excluding hydrogens is 411 g/mol. The van der Waals surface area contributed by atoms with Crippen molar-refractivity contribution >= 4 is 28.5 Å². The zero-order valence-electron chi connectivity index (χ0n) is 16.4. The van der Waals surface area contributed by atoms with Gasteiger partial charge in [-0.15, -0.1) is 0 Å². The lowest BCUT2D eigenvalue weighted by Gasteiger charge is -2.35. The molecule has 1 aliphatic rings. The zero-order valence-corrected chi connectivity index (χ0v) is 17.1. The van der Waals surface area contributed by atoms with Crippen molar-refractivity contribution in [2.75, 3.05) is 33.3 Å². The van der Waals surface area contributed by atoms with E-state index in [9.17, 15) is 14.0 Å². The second kappa shape index (κ2) is 8.45. The Morgan fingerprint density at radius 1 is 1.13 bits per heavy atom. The highest BCUT2D eigenvalue weighted by Crippen LogP contribution is 2.24. The molecule has 0 bridgehead atoms. The SMILES string of the molecule is COc1ccc2c(CN3CCN(C(=O)c4ccc(F)cc4Cl)CC3)cc(=O)oc2c1. The van der Waals surface area contributed by atoms with Gasteiger partial charge in [-0.2, -0.15) is 0 Å². The van der Waals surface area contributed by atoms with Crippen LogP contribution in [0.2, 0.25) is 5.02 Å². The van der Waals surface area contributed by atoms with Crippen molar-refractivity contribution in [1.82, 2.24) is 9.80 Å². The van der Waals surface area contributed by atoms with Gasteiger partial charge in [0.05, 0.1) is 17.7 Å². The second-order valence-corrected chi connectivity index (χ2v) is 7.55. The van der Waals surface area contributed by atoms with Gasteiger partial charge in [-0.3, -0.25) is 9.69 Å². The monoisotopic (exact) mass is 430 g/mol. The summed E-state index contributed by atoms with van der Waals surface area (Å²) in [5.41, 5.74) is 1.24. The van der Waals surface area contributed by atoms with Crippen LogP contribution in [0.1, 0.15) is 15.9 Å². The fourth-order valence-electron chi connectivity index (χ4n) is 3.65. The fourth-order valence-corrected chi connectivity index (χ4v) is 3.90. The Balaban J connectivity index is 1.46. The molecule has 0 aliphatic carbocycles. The first-order chi connectivity index (χ1) is 14.4. The van der Waals surface area contributed by atoms with E-state index in [2.05, 4.69) is 4.90 Å². The van der Waals surface area contributed by atoms with Crippen molar-refractivity contribution in [2.24, 2.45) is 0 Å². The predicted molar refractivity (Wildman–Crippen MR) is 112 cm³/mol. The lowest BCUT2D eigenvalue weighted by atomic mass is 10.1. The summed E-state index contributed by atoms with van der Waals surface area (Å²) in [5.74, 6) is -0.0644. The van der Waals surface area contributed by atoms with Gasteiger partial charge in [-0.25, -0.2) is 9.18 Å². The number of hydrogen-bond acceptors (Lipinski definition) is 5. The van der Waals surface area contributed by atoms with Crippen LogP contribution < -0.4 is 10.4 Å². The lowest BCUT2D eigenvalue weighted by Crippen LogP contribution is -2.48. The van der Waals surface area contributed by atoms with Crippen molar-refractivity contribution < 1.29 is 18.3 Å². The highest BCUT2D eigenvalue weighted by atomic mass is 35.5. The molecule has 1 saturated heterocycles. The fraction of sp³-hybridized carbons (Fsp3) is 0.273. The number of piperazine rings is 1. The van der Waals surface area contributed by atoms with Gasteiger partial charge < -0.3 is 14.1 Å². The van der Waals surface area contributed by atoms with Crippen molar-refractivity contribution in [1.29, 1.82) is 0 Å². The van der Waals surface area contributed by atoms with Gasteiger partial charge in [-0.1, -0.05) is 11.6 Å². The van der Waals surface area contributed by atoms with Crippen LogP contribution >= 0.6 is 11.6 Å². The van der Waals surface area contributed by atoms with Gasteiger partial charge in [0.1, 0.15) is 17.1 Å². The van der Waals surface area contributed by atoms with Crippen LogP contribution in [0.15, 0.2) is 51.7 Å². The molecule has 0 spiro atoms. The predicted octanol–water partition coefficient (Wildman–Crippen LogP) is 3.55. The smallest absolute Gasteiger partial charge is 0.336 e. The molecule has 2 heterocycles. The molecule has 1 amide bonds. The molecule has 1 aromatic heterocycles. The van der Waals surface area contributed by atoms with Crippen LogP contribution in [0.25, 0.3) is 11.0 Å². The Morgan fingerprint density at radius 2 is 1.90 bits per heavy atom. The molecule has 1 fully saturated rings. The van der Waals surface area contributed by atoms with Crippen LogP contribution in [0.3, 0.4) is 0 Å². The van der Waals surface area contributed by atoms with Crippen LogP contribution in [0, 0.1) is 5.82 Å². The number of carbonyl (C=O) groups is 1. The first-order valence-electron chi connectivity index (χ1n) is 9.52. The third-order valence-electron chi connectivity index (χ3n) is 5.25. The number of rotatable bonds is 4. The summed E-state index contributed by atoms with van der Waals surface area (Å²) in [6, 6.07) is 10.7. The Hall–Kier alpha value is -2.90. The number of halogens is 2. The molecule has 156 valence electrons. The van der Waals surface area contributed by atoms with E-state index in [-0.39, 0.29) is 10.9 Å². The highest BCUT2D eigenvalue weighted by molar-refractivity contribution is 6.33. The van der Waals surface area contributed by atoms with E-state index >= 15 is 0 Å². The molecule has 4 rings (SSSR count). The van der Waals surface area contributed by atoms with Gasteiger partial charge in [0.2, 0.25) is 0 Å².